The fraction of sp³-hybridized carbons (Fsp3) is 0.292. The number of rotatable bonds is 6. The number of aryl methyl sites for hydroxylation is 1. The van der Waals surface area contributed by atoms with E-state index in [1.165, 1.54) is 11.8 Å². The maximum Gasteiger partial charge on any atom is 0.283 e. The molecule has 1 saturated heterocycles. The van der Waals surface area contributed by atoms with Crippen LogP contribution in [-0.2, 0) is 9.53 Å². The summed E-state index contributed by atoms with van der Waals surface area (Å²) < 4.78 is 7.17. The Morgan fingerprint density at radius 3 is 2.88 bits per heavy atom. The summed E-state index contributed by atoms with van der Waals surface area (Å²) in [4.78, 5) is 34.1. The minimum atomic E-state index is -0.178. The zero-order valence-corrected chi connectivity index (χ0v) is 18.6. The molecule has 32 heavy (non-hydrogen) atoms. The van der Waals surface area contributed by atoms with E-state index in [0.717, 1.165) is 41.6 Å². The molecule has 5 rings (SSSR count). The van der Waals surface area contributed by atoms with Gasteiger partial charge in [0.25, 0.3) is 5.56 Å². The van der Waals surface area contributed by atoms with Crippen LogP contribution in [0.3, 0.4) is 0 Å². The number of benzene rings is 2. The van der Waals surface area contributed by atoms with Crippen LogP contribution < -0.4 is 10.9 Å². The molecule has 1 atom stereocenters. The van der Waals surface area contributed by atoms with Gasteiger partial charge in [-0.25, -0.2) is 4.98 Å². The Kier molecular flexibility index (Phi) is 5.71. The second-order valence-corrected chi connectivity index (χ2v) is 8.89. The van der Waals surface area contributed by atoms with Gasteiger partial charge in [0.1, 0.15) is 11.0 Å². The van der Waals surface area contributed by atoms with Crippen LogP contribution in [0.5, 0.6) is 0 Å². The van der Waals surface area contributed by atoms with Gasteiger partial charge in [0, 0.05) is 24.1 Å². The number of ether oxygens (including phenoxy) is 1. The monoisotopic (exact) mass is 448 g/mol. The van der Waals surface area contributed by atoms with Crippen molar-refractivity contribution in [1.82, 2.24) is 19.9 Å². The van der Waals surface area contributed by atoms with E-state index in [9.17, 15) is 9.59 Å². The van der Waals surface area contributed by atoms with Crippen molar-refractivity contribution in [3.63, 3.8) is 0 Å². The van der Waals surface area contributed by atoms with Crippen molar-refractivity contribution in [2.75, 3.05) is 18.9 Å². The average Bonchev–Trinajstić information content (AvgIpc) is 3.45. The summed E-state index contributed by atoms with van der Waals surface area (Å²) in [6.07, 6.45) is 2.10. The SMILES string of the molecule is Cc1ccccc1-n1c(SCC(=O)NC[C@@H]2CCCO2)nc2c([nH]c3ccccc32)c1=O. The zero-order chi connectivity index (χ0) is 22.1. The highest BCUT2D eigenvalue weighted by molar-refractivity contribution is 7.99. The van der Waals surface area contributed by atoms with Crippen molar-refractivity contribution in [1.29, 1.82) is 0 Å². The summed E-state index contributed by atoms with van der Waals surface area (Å²) in [6.45, 7) is 3.23. The van der Waals surface area contributed by atoms with Crippen molar-refractivity contribution in [3.8, 4) is 5.69 Å². The van der Waals surface area contributed by atoms with Crippen LogP contribution in [0.1, 0.15) is 18.4 Å². The van der Waals surface area contributed by atoms with E-state index in [1.54, 1.807) is 4.57 Å². The topological polar surface area (TPSA) is 89.0 Å². The molecule has 164 valence electrons. The highest BCUT2D eigenvalue weighted by Crippen LogP contribution is 2.27. The Bertz CT molecular complexity index is 1350. The number of fused-ring (bicyclic) bond motifs is 3. The normalized spacial score (nSPS) is 16.1. The van der Waals surface area contributed by atoms with E-state index in [0.29, 0.717) is 22.7 Å². The number of amides is 1. The van der Waals surface area contributed by atoms with E-state index in [2.05, 4.69) is 10.3 Å². The molecule has 3 heterocycles. The van der Waals surface area contributed by atoms with Crippen LogP contribution in [0, 0.1) is 6.92 Å². The fourth-order valence-electron chi connectivity index (χ4n) is 4.08. The molecule has 0 aliphatic carbocycles. The highest BCUT2D eigenvalue weighted by Gasteiger charge is 2.20. The van der Waals surface area contributed by atoms with E-state index >= 15 is 0 Å². The number of hydrogen-bond acceptors (Lipinski definition) is 5. The number of nitrogens with zero attached hydrogens (tertiary/aromatic N) is 2. The summed E-state index contributed by atoms with van der Waals surface area (Å²) >= 11 is 1.27. The van der Waals surface area contributed by atoms with Gasteiger partial charge in [-0.1, -0.05) is 48.2 Å². The fourth-order valence-corrected chi connectivity index (χ4v) is 4.91. The summed E-state index contributed by atoms with van der Waals surface area (Å²) in [6, 6.07) is 15.4. The molecule has 0 unspecified atom stereocenters. The average molecular weight is 449 g/mol. The van der Waals surface area contributed by atoms with Crippen LogP contribution in [0.4, 0.5) is 0 Å². The molecular formula is C24H24N4O3S. The number of aromatic amines is 1. The number of H-pyrrole nitrogens is 1. The Morgan fingerprint density at radius 1 is 1.25 bits per heavy atom. The quantitative estimate of drug-likeness (QED) is 0.348. The zero-order valence-electron chi connectivity index (χ0n) is 17.8. The second-order valence-electron chi connectivity index (χ2n) is 7.94. The molecule has 8 heteroatoms. The molecule has 0 saturated carbocycles. The minimum absolute atomic E-state index is 0.0924. The minimum Gasteiger partial charge on any atom is -0.376 e. The Labute approximate surface area is 189 Å². The Morgan fingerprint density at radius 2 is 2.06 bits per heavy atom. The second kappa shape index (κ2) is 8.80. The van der Waals surface area contributed by atoms with Gasteiger partial charge < -0.3 is 15.0 Å². The molecule has 4 aromatic rings. The van der Waals surface area contributed by atoms with E-state index in [4.69, 9.17) is 9.72 Å². The highest BCUT2D eigenvalue weighted by atomic mass is 32.2. The lowest BCUT2D eigenvalue weighted by atomic mass is 10.2. The standard InChI is InChI=1S/C24H24N4O3S/c1-15-7-2-5-11-19(15)28-23(30)22-21(17-9-3-4-10-18(17)26-22)27-24(28)32-14-20(29)25-13-16-8-6-12-31-16/h2-5,7,9-11,16,26H,6,8,12-14H2,1H3,(H,25,29)/t16-/m0/s1. The number of thioether (sulfide) groups is 1. The van der Waals surface area contributed by atoms with Crippen LogP contribution in [0.2, 0.25) is 0 Å². The smallest absolute Gasteiger partial charge is 0.283 e. The molecule has 1 fully saturated rings. The van der Waals surface area contributed by atoms with Crippen LogP contribution in [-0.4, -0.2) is 45.5 Å². The molecular weight excluding hydrogens is 424 g/mol. The first kappa shape index (κ1) is 20.8. The number of nitrogens with one attached hydrogen (secondary N) is 2. The lowest BCUT2D eigenvalue weighted by molar-refractivity contribution is -0.119. The van der Waals surface area contributed by atoms with Gasteiger partial charge in [0.05, 0.1) is 17.5 Å². The van der Waals surface area contributed by atoms with Crippen molar-refractivity contribution in [2.45, 2.75) is 31.0 Å². The van der Waals surface area contributed by atoms with Gasteiger partial charge in [-0.15, -0.1) is 0 Å². The molecule has 0 radical (unpaired) electrons. The number of carbonyl (C=O) groups is 1. The van der Waals surface area contributed by atoms with Crippen molar-refractivity contribution < 1.29 is 9.53 Å². The van der Waals surface area contributed by atoms with Gasteiger partial charge in [-0.05, 0) is 37.5 Å². The first-order valence-corrected chi connectivity index (χ1v) is 11.7. The maximum atomic E-state index is 13.6. The van der Waals surface area contributed by atoms with E-state index in [1.807, 2.05) is 55.5 Å². The Balaban J connectivity index is 1.52. The summed E-state index contributed by atoms with van der Waals surface area (Å²) in [5, 5.41) is 4.32. The van der Waals surface area contributed by atoms with Crippen molar-refractivity contribution in [3.05, 3.63) is 64.4 Å². The molecule has 0 spiro atoms. The largest absolute Gasteiger partial charge is 0.376 e. The molecule has 2 aromatic heterocycles. The third kappa shape index (κ3) is 3.91. The molecule has 2 aromatic carbocycles. The summed E-state index contributed by atoms with van der Waals surface area (Å²) in [7, 11) is 0. The van der Waals surface area contributed by atoms with Crippen molar-refractivity contribution in [2.24, 2.45) is 0 Å². The summed E-state index contributed by atoms with van der Waals surface area (Å²) in [5.74, 6) is 0.0638. The predicted octanol–water partition coefficient (Wildman–Crippen LogP) is 3.56. The lowest BCUT2D eigenvalue weighted by Gasteiger charge is -2.14. The first-order chi connectivity index (χ1) is 15.6. The molecule has 2 N–H and O–H groups in total. The third-order valence-electron chi connectivity index (χ3n) is 5.73. The molecule has 7 nitrogen and oxygen atoms in total. The number of hydrogen-bond donors (Lipinski definition) is 2. The molecule has 1 aliphatic heterocycles. The summed E-state index contributed by atoms with van der Waals surface area (Å²) in [5.41, 5.74) is 3.48. The predicted molar refractivity (Wildman–Crippen MR) is 127 cm³/mol. The first-order valence-electron chi connectivity index (χ1n) is 10.7. The van der Waals surface area contributed by atoms with Crippen LogP contribution >= 0.6 is 11.8 Å². The van der Waals surface area contributed by atoms with E-state index < -0.39 is 0 Å². The van der Waals surface area contributed by atoms with Gasteiger partial charge >= 0.3 is 0 Å². The number of aromatic nitrogens is 3. The van der Waals surface area contributed by atoms with Crippen LogP contribution in [0.25, 0.3) is 27.6 Å². The number of carbonyl (C=O) groups excluding carboxylic acids is 1. The molecule has 0 bridgehead atoms. The maximum absolute atomic E-state index is 13.6. The van der Waals surface area contributed by atoms with Gasteiger partial charge in [-0.2, -0.15) is 0 Å². The molecule has 1 aliphatic rings. The van der Waals surface area contributed by atoms with Gasteiger partial charge in [-0.3, -0.25) is 14.2 Å². The molecule has 1 amide bonds. The lowest BCUT2D eigenvalue weighted by Crippen LogP contribution is -2.33. The van der Waals surface area contributed by atoms with Gasteiger partial charge in [0.2, 0.25) is 5.91 Å². The van der Waals surface area contributed by atoms with E-state index in [-0.39, 0.29) is 23.3 Å². The van der Waals surface area contributed by atoms with Crippen LogP contribution in [0.15, 0.2) is 58.5 Å². The van der Waals surface area contributed by atoms with Gasteiger partial charge in [0.15, 0.2) is 5.16 Å². The Hall–Kier alpha value is -3.10. The van der Waals surface area contributed by atoms with Crippen molar-refractivity contribution >= 4 is 39.6 Å². The third-order valence-corrected chi connectivity index (χ3v) is 6.67. The number of para-hydroxylation sites is 2.